The van der Waals surface area contributed by atoms with E-state index in [1.807, 2.05) is 0 Å². The minimum absolute atomic E-state index is 0.0969. The summed E-state index contributed by atoms with van der Waals surface area (Å²) in [6.07, 6.45) is -0.877. The molecule has 1 amide bonds. The van der Waals surface area contributed by atoms with Crippen molar-refractivity contribution in [3.05, 3.63) is 17.6 Å². The number of alkyl halides is 2. The second kappa shape index (κ2) is 3.90. The van der Waals surface area contributed by atoms with Gasteiger partial charge in [-0.3, -0.25) is 5.32 Å². The number of nitrogens with zero attached hydrogens (tertiary/aromatic N) is 2. The second-order valence-corrected chi connectivity index (χ2v) is 3.80. The highest BCUT2D eigenvalue weighted by atomic mass is 19.3. The quantitative estimate of drug-likeness (QED) is 0.865. The molecule has 0 aromatic carbocycles. The van der Waals surface area contributed by atoms with E-state index in [-0.39, 0.29) is 11.4 Å². The fourth-order valence-corrected chi connectivity index (χ4v) is 1.74. The van der Waals surface area contributed by atoms with Gasteiger partial charge in [-0.25, -0.2) is 23.5 Å². The van der Waals surface area contributed by atoms with Crippen LogP contribution in [-0.2, 0) is 11.2 Å². The lowest BCUT2D eigenvalue weighted by atomic mass is 10.0. The van der Waals surface area contributed by atoms with Crippen molar-refractivity contribution in [2.75, 3.05) is 5.32 Å². The van der Waals surface area contributed by atoms with Crippen LogP contribution in [0.5, 0.6) is 0 Å². The maximum atomic E-state index is 13.4. The maximum absolute atomic E-state index is 13.4. The van der Waals surface area contributed by atoms with Crippen LogP contribution in [0.3, 0.4) is 0 Å². The lowest BCUT2D eigenvalue weighted by Crippen LogP contribution is -2.35. The first-order chi connectivity index (χ1) is 7.93. The van der Waals surface area contributed by atoms with Crippen molar-refractivity contribution < 1.29 is 18.3 Å². The van der Waals surface area contributed by atoms with Gasteiger partial charge in [-0.2, -0.15) is 0 Å². The largest absolute Gasteiger partial charge is 0.434 e. The van der Waals surface area contributed by atoms with Crippen LogP contribution in [-0.4, -0.2) is 22.0 Å². The van der Waals surface area contributed by atoms with Crippen LogP contribution in [0.2, 0.25) is 0 Å². The summed E-state index contributed by atoms with van der Waals surface area (Å²) in [5, 5.41) is 2.29. The lowest BCUT2D eigenvalue weighted by Gasteiger charge is -2.30. The van der Waals surface area contributed by atoms with E-state index in [0.29, 0.717) is 19.0 Å². The summed E-state index contributed by atoms with van der Waals surface area (Å²) < 4.78 is 31.5. The topological polar surface area (TPSA) is 64.1 Å². The number of aromatic nitrogens is 2. The third kappa shape index (κ3) is 2.04. The van der Waals surface area contributed by atoms with Crippen LogP contribution >= 0.6 is 0 Å². The first-order valence-electron chi connectivity index (χ1n) is 5.12. The molecule has 0 bridgehead atoms. The number of hydrogen-bond donors (Lipinski definition) is 1. The molecule has 0 saturated heterocycles. The molecule has 17 heavy (non-hydrogen) atoms. The molecular formula is C10H11F2N3O2. The minimum Gasteiger partial charge on any atom is -0.434 e. The van der Waals surface area contributed by atoms with Gasteiger partial charge in [0.05, 0.1) is 11.3 Å². The zero-order chi connectivity index (χ0) is 12.6. The molecule has 0 aliphatic carbocycles. The van der Waals surface area contributed by atoms with Gasteiger partial charge in [0.2, 0.25) is 0 Å². The molecule has 92 valence electrons. The highest BCUT2D eigenvalue weighted by molar-refractivity contribution is 5.87. The second-order valence-electron chi connectivity index (χ2n) is 3.80. The molecule has 1 aromatic rings. The molecule has 2 rings (SSSR count). The lowest BCUT2D eigenvalue weighted by molar-refractivity contribution is -0.0991. The Morgan fingerprint density at radius 2 is 2.24 bits per heavy atom. The molecule has 1 aromatic heterocycles. The number of rotatable bonds is 2. The van der Waals surface area contributed by atoms with Crippen molar-refractivity contribution in [3.63, 3.8) is 0 Å². The van der Waals surface area contributed by atoms with E-state index < -0.39 is 18.1 Å². The van der Waals surface area contributed by atoms with E-state index in [9.17, 15) is 13.6 Å². The number of fused-ring (bicyclic) bond motifs is 1. The third-order valence-electron chi connectivity index (χ3n) is 2.47. The van der Waals surface area contributed by atoms with E-state index in [4.69, 9.17) is 0 Å². The average Bonchev–Trinajstić information content (AvgIpc) is 2.25. The van der Waals surface area contributed by atoms with Gasteiger partial charge in [0.25, 0.3) is 5.92 Å². The zero-order valence-corrected chi connectivity index (χ0v) is 9.33. The first kappa shape index (κ1) is 11.7. The van der Waals surface area contributed by atoms with Gasteiger partial charge >= 0.3 is 6.09 Å². The number of carbonyl (C=O) groups excluding carboxylic acids is 1. The fourth-order valence-electron chi connectivity index (χ4n) is 1.74. The third-order valence-corrected chi connectivity index (χ3v) is 2.47. The molecule has 1 aliphatic heterocycles. The number of hydrogen-bond acceptors (Lipinski definition) is 4. The number of cyclic esters (lactones) is 1. The molecule has 0 radical (unpaired) electrons. The molecule has 2 heterocycles. The van der Waals surface area contributed by atoms with Gasteiger partial charge < -0.3 is 4.74 Å². The molecule has 5 nitrogen and oxygen atoms in total. The molecule has 0 saturated carbocycles. The van der Waals surface area contributed by atoms with Gasteiger partial charge in [-0.1, -0.05) is 6.92 Å². The van der Waals surface area contributed by atoms with Crippen LogP contribution in [0, 0.1) is 0 Å². The summed E-state index contributed by atoms with van der Waals surface area (Å²) in [4.78, 5) is 18.9. The molecule has 0 fully saturated rings. The van der Waals surface area contributed by atoms with E-state index in [2.05, 4.69) is 20.0 Å². The summed E-state index contributed by atoms with van der Waals surface area (Å²) >= 11 is 0. The Kier molecular flexibility index (Phi) is 2.68. The van der Waals surface area contributed by atoms with Gasteiger partial charge in [0.15, 0.2) is 6.10 Å². The Morgan fingerprint density at radius 1 is 1.53 bits per heavy atom. The first-order valence-corrected chi connectivity index (χ1v) is 5.12. The van der Waals surface area contributed by atoms with Crippen molar-refractivity contribution in [2.45, 2.75) is 32.3 Å². The standard InChI is InChI=1S/C10H11F2N3O2/c1-3-5-6-7(10(2,11)12)17-9(16)15-8(6)14-4-13-5/h4,7H,3H2,1-2H3,(H,13,14,15,16). The number of nitrogens with one attached hydrogen (secondary N) is 1. The fraction of sp³-hybridized carbons (Fsp3) is 0.500. The van der Waals surface area contributed by atoms with Crippen LogP contribution in [0.25, 0.3) is 0 Å². The summed E-state index contributed by atoms with van der Waals surface area (Å²) in [6, 6.07) is 0. The van der Waals surface area contributed by atoms with Crippen LogP contribution in [0.1, 0.15) is 31.2 Å². The average molecular weight is 243 g/mol. The van der Waals surface area contributed by atoms with Crippen LogP contribution < -0.4 is 5.32 Å². The van der Waals surface area contributed by atoms with E-state index >= 15 is 0 Å². The maximum Gasteiger partial charge on any atom is 0.413 e. The number of ether oxygens (including phenoxy) is 1. The Labute approximate surface area is 96.2 Å². The number of aryl methyl sites for hydroxylation is 1. The summed E-state index contributed by atoms with van der Waals surface area (Å²) in [6.45, 7) is 2.48. The van der Waals surface area contributed by atoms with Gasteiger partial charge in [0, 0.05) is 6.92 Å². The van der Waals surface area contributed by atoms with Gasteiger partial charge in [-0.15, -0.1) is 0 Å². The normalized spacial score (nSPS) is 19.3. The molecule has 1 atom stereocenters. The van der Waals surface area contributed by atoms with Crippen molar-refractivity contribution in [3.8, 4) is 0 Å². The number of carbonyl (C=O) groups is 1. The SMILES string of the molecule is CCc1ncnc2c1C(C(C)(F)F)OC(=O)N2. The smallest absolute Gasteiger partial charge is 0.413 e. The van der Waals surface area contributed by atoms with Gasteiger partial charge in [0.1, 0.15) is 12.1 Å². The van der Waals surface area contributed by atoms with Crippen molar-refractivity contribution in [1.29, 1.82) is 0 Å². The van der Waals surface area contributed by atoms with Crippen molar-refractivity contribution in [2.24, 2.45) is 0 Å². The molecule has 1 N–H and O–H groups in total. The van der Waals surface area contributed by atoms with Crippen molar-refractivity contribution in [1.82, 2.24) is 9.97 Å². The Bertz CT molecular complexity index is 459. The van der Waals surface area contributed by atoms with E-state index in [1.54, 1.807) is 6.92 Å². The summed E-state index contributed by atoms with van der Waals surface area (Å²) in [5.41, 5.74) is 0.601. The number of anilines is 1. The molecule has 1 unspecified atom stereocenters. The predicted molar refractivity (Wildman–Crippen MR) is 54.9 cm³/mol. The highest BCUT2D eigenvalue weighted by Crippen LogP contribution is 2.41. The monoisotopic (exact) mass is 243 g/mol. The number of amides is 1. The van der Waals surface area contributed by atoms with Crippen molar-refractivity contribution >= 4 is 11.9 Å². The van der Waals surface area contributed by atoms with E-state index in [1.165, 1.54) is 6.33 Å². The van der Waals surface area contributed by atoms with Crippen LogP contribution in [0.15, 0.2) is 6.33 Å². The highest BCUT2D eigenvalue weighted by Gasteiger charge is 2.44. The van der Waals surface area contributed by atoms with E-state index in [0.717, 1.165) is 0 Å². The zero-order valence-electron chi connectivity index (χ0n) is 9.33. The minimum atomic E-state index is -3.18. The van der Waals surface area contributed by atoms with Gasteiger partial charge in [-0.05, 0) is 6.42 Å². The Hall–Kier alpha value is -1.79. The molecule has 0 spiro atoms. The summed E-state index contributed by atoms with van der Waals surface area (Å²) in [7, 11) is 0. The Balaban J connectivity index is 2.57. The molecule has 1 aliphatic rings. The number of halogens is 2. The predicted octanol–water partition coefficient (Wildman–Crippen LogP) is 2.30. The summed E-state index contributed by atoms with van der Waals surface area (Å²) in [5.74, 6) is -3.08. The van der Waals surface area contributed by atoms with Crippen LogP contribution in [0.4, 0.5) is 19.4 Å². The Morgan fingerprint density at radius 3 is 2.82 bits per heavy atom. The molecular weight excluding hydrogens is 232 g/mol. The molecule has 7 heteroatoms.